The minimum Gasteiger partial charge on any atom is -0.353 e. The molecule has 0 spiro atoms. The van der Waals surface area contributed by atoms with Crippen LogP contribution < -0.4 is 0 Å². The Bertz CT molecular complexity index is 344. The van der Waals surface area contributed by atoms with Gasteiger partial charge in [-0.2, -0.15) is 0 Å². The summed E-state index contributed by atoms with van der Waals surface area (Å²) in [5.74, 6) is 0. The van der Waals surface area contributed by atoms with Crippen molar-refractivity contribution in [3.8, 4) is 0 Å². The lowest BCUT2D eigenvalue weighted by atomic mass is 10.0. The second kappa shape index (κ2) is 9.15. The summed E-state index contributed by atoms with van der Waals surface area (Å²) in [4.78, 5) is 0. The zero-order valence-electron chi connectivity index (χ0n) is 12.7. The first-order valence-electron chi connectivity index (χ1n) is 8.19. The van der Waals surface area contributed by atoms with Gasteiger partial charge in [0.05, 0.1) is 6.10 Å². The minimum absolute atomic E-state index is 0.0269. The summed E-state index contributed by atoms with van der Waals surface area (Å²) in [5.41, 5.74) is 1.37. The molecule has 0 bridgehead atoms. The van der Waals surface area contributed by atoms with Crippen LogP contribution in [0.25, 0.3) is 0 Å². The molecule has 1 heterocycles. The molecule has 2 unspecified atom stereocenters. The first-order valence-corrected chi connectivity index (χ1v) is 8.19. The molecular weight excluding hydrogens is 248 g/mol. The van der Waals surface area contributed by atoms with Gasteiger partial charge in [0.25, 0.3) is 0 Å². The molecule has 1 aliphatic rings. The summed E-state index contributed by atoms with van der Waals surface area (Å²) in [6.07, 6.45) is 9.74. The molecule has 0 saturated carbocycles. The largest absolute Gasteiger partial charge is 0.353 e. The summed E-state index contributed by atoms with van der Waals surface area (Å²) in [6.45, 7) is 3.11. The Labute approximate surface area is 123 Å². The van der Waals surface area contributed by atoms with Crippen LogP contribution in [0, 0.1) is 0 Å². The number of hydrogen-bond acceptors (Lipinski definition) is 2. The van der Waals surface area contributed by atoms with Gasteiger partial charge < -0.3 is 9.47 Å². The first-order chi connectivity index (χ1) is 9.88. The van der Waals surface area contributed by atoms with Crippen molar-refractivity contribution in [3.05, 3.63) is 35.9 Å². The van der Waals surface area contributed by atoms with E-state index in [0.29, 0.717) is 6.10 Å². The molecule has 0 aromatic heterocycles. The third-order valence-electron chi connectivity index (χ3n) is 3.92. The van der Waals surface area contributed by atoms with Gasteiger partial charge >= 0.3 is 0 Å². The molecule has 2 heteroatoms. The highest BCUT2D eigenvalue weighted by atomic mass is 16.7. The van der Waals surface area contributed by atoms with Crippen LogP contribution in [0.15, 0.2) is 30.3 Å². The van der Waals surface area contributed by atoms with Gasteiger partial charge in [0.1, 0.15) is 0 Å². The standard InChI is InChI=1S/C18H28O2/c1-2-3-5-12-17(15-16-10-6-4-7-11-16)20-18-13-8-9-14-19-18/h4,6-7,10-11,17-18H,2-3,5,8-9,12-15H2,1H3. The van der Waals surface area contributed by atoms with E-state index in [-0.39, 0.29) is 6.29 Å². The Morgan fingerprint density at radius 3 is 2.75 bits per heavy atom. The van der Waals surface area contributed by atoms with Crippen molar-refractivity contribution in [1.82, 2.24) is 0 Å². The van der Waals surface area contributed by atoms with Crippen LogP contribution in [-0.2, 0) is 15.9 Å². The monoisotopic (exact) mass is 276 g/mol. The number of rotatable bonds is 8. The number of hydrogen-bond donors (Lipinski definition) is 0. The van der Waals surface area contributed by atoms with Gasteiger partial charge in [-0.25, -0.2) is 0 Å². The molecule has 0 aliphatic carbocycles. The molecule has 2 rings (SSSR count). The Kier molecular flexibility index (Phi) is 7.10. The predicted octanol–water partition coefficient (Wildman–Crippen LogP) is 4.72. The van der Waals surface area contributed by atoms with Crippen LogP contribution in [0.5, 0.6) is 0 Å². The molecule has 1 aromatic carbocycles. The highest BCUT2D eigenvalue weighted by Gasteiger charge is 2.19. The summed E-state index contributed by atoms with van der Waals surface area (Å²) >= 11 is 0. The molecule has 1 saturated heterocycles. The van der Waals surface area contributed by atoms with Crippen molar-refractivity contribution in [3.63, 3.8) is 0 Å². The molecular formula is C18H28O2. The second-order valence-corrected chi connectivity index (χ2v) is 5.74. The minimum atomic E-state index is 0.0269. The van der Waals surface area contributed by atoms with E-state index in [2.05, 4.69) is 37.3 Å². The zero-order valence-corrected chi connectivity index (χ0v) is 12.7. The van der Waals surface area contributed by atoms with Crippen LogP contribution in [0.4, 0.5) is 0 Å². The average Bonchev–Trinajstić information content (AvgIpc) is 2.49. The van der Waals surface area contributed by atoms with E-state index in [4.69, 9.17) is 9.47 Å². The molecule has 1 fully saturated rings. The van der Waals surface area contributed by atoms with Crippen LogP contribution in [-0.4, -0.2) is 19.0 Å². The van der Waals surface area contributed by atoms with E-state index in [1.165, 1.54) is 37.7 Å². The lowest BCUT2D eigenvalue weighted by Gasteiger charge is -2.28. The fraction of sp³-hybridized carbons (Fsp3) is 0.667. The Hall–Kier alpha value is -0.860. The molecule has 112 valence electrons. The topological polar surface area (TPSA) is 18.5 Å². The van der Waals surface area contributed by atoms with E-state index in [0.717, 1.165) is 25.9 Å². The summed E-state index contributed by atoms with van der Waals surface area (Å²) < 4.78 is 11.9. The van der Waals surface area contributed by atoms with Crippen LogP contribution >= 0.6 is 0 Å². The van der Waals surface area contributed by atoms with E-state index in [9.17, 15) is 0 Å². The number of benzene rings is 1. The number of ether oxygens (including phenoxy) is 2. The maximum absolute atomic E-state index is 6.22. The van der Waals surface area contributed by atoms with Crippen molar-refractivity contribution in [2.45, 2.75) is 70.7 Å². The van der Waals surface area contributed by atoms with Gasteiger partial charge in [0.15, 0.2) is 6.29 Å². The smallest absolute Gasteiger partial charge is 0.157 e. The molecule has 0 amide bonds. The molecule has 2 nitrogen and oxygen atoms in total. The summed E-state index contributed by atoms with van der Waals surface area (Å²) in [5, 5.41) is 0. The quantitative estimate of drug-likeness (QED) is 0.640. The third-order valence-corrected chi connectivity index (χ3v) is 3.92. The Balaban J connectivity index is 1.85. The maximum atomic E-state index is 6.22. The van der Waals surface area contributed by atoms with E-state index in [1.54, 1.807) is 0 Å². The van der Waals surface area contributed by atoms with Crippen LogP contribution in [0.1, 0.15) is 57.4 Å². The van der Waals surface area contributed by atoms with Gasteiger partial charge in [-0.3, -0.25) is 0 Å². The molecule has 1 aromatic rings. The Morgan fingerprint density at radius 1 is 1.20 bits per heavy atom. The average molecular weight is 276 g/mol. The Morgan fingerprint density at radius 2 is 2.05 bits per heavy atom. The van der Waals surface area contributed by atoms with E-state index >= 15 is 0 Å². The van der Waals surface area contributed by atoms with Crippen molar-refractivity contribution >= 4 is 0 Å². The van der Waals surface area contributed by atoms with Gasteiger partial charge in [-0.15, -0.1) is 0 Å². The van der Waals surface area contributed by atoms with E-state index in [1.807, 2.05) is 0 Å². The van der Waals surface area contributed by atoms with Crippen molar-refractivity contribution < 1.29 is 9.47 Å². The number of unbranched alkanes of at least 4 members (excludes halogenated alkanes) is 2. The van der Waals surface area contributed by atoms with E-state index < -0.39 is 0 Å². The maximum Gasteiger partial charge on any atom is 0.157 e. The van der Waals surface area contributed by atoms with Crippen LogP contribution in [0.3, 0.4) is 0 Å². The van der Waals surface area contributed by atoms with Crippen molar-refractivity contribution in [1.29, 1.82) is 0 Å². The van der Waals surface area contributed by atoms with Gasteiger partial charge in [0, 0.05) is 6.61 Å². The van der Waals surface area contributed by atoms with Gasteiger partial charge in [-0.1, -0.05) is 56.5 Å². The highest BCUT2D eigenvalue weighted by molar-refractivity contribution is 5.15. The SMILES string of the molecule is CCCCCC(Cc1ccccc1)OC1CCCCO1. The molecule has 0 radical (unpaired) electrons. The second-order valence-electron chi connectivity index (χ2n) is 5.74. The fourth-order valence-electron chi connectivity index (χ4n) is 2.75. The molecule has 0 N–H and O–H groups in total. The molecule has 20 heavy (non-hydrogen) atoms. The lowest BCUT2D eigenvalue weighted by Crippen LogP contribution is -2.29. The predicted molar refractivity (Wildman–Crippen MR) is 82.8 cm³/mol. The van der Waals surface area contributed by atoms with Gasteiger partial charge in [0.2, 0.25) is 0 Å². The van der Waals surface area contributed by atoms with Crippen LogP contribution in [0.2, 0.25) is 0 Å². The van der Waals surface area contributed by atoms with Crippen molar-refractivity contribution in [2.75, 3.05) is 6.61 Å². The third kappa shape index (κ3) is 5.64. The summed E-state index contributed by atoms with van der Waals surface area (Å²) in [6, 6.07) is 10.7. The lowest BCUT2D eigenvalue weighted by molar-refractivity contribution is -0.189. The molecule has 1 aliphatic heterocycles. The summed E-state index contributed by atoms with van der Waals surface area (Å²) in [7, 11) is 0. The van der Waals surface area contributed by atoms with Crippen molar-refractivity contribution in [2.24, 2.45) is 0 Å². The normalized spacial score (nSPS) is 20.8. The first kappa shape index (κ1) is 15.5. The van der Waals surface area contributed by atoms with Gasteiger partial charge in [-0.05, 0) is 37.7 Å². The molecule has 2 atom stereocenters. The zero-order chi connectivity index (χ0) is 14.0. The fourth-order valence-corrected chi connectivity index (χ4v) is 2.75. The highest BCUT2D eigenvalue weighted by Crippen LogP contribution is 2.20.